The maximum Gasteiger partial charge on any atom is 0.276 e. The molecule has 0 bridgehead atoms. The third kappa shape index (κ3) is 6.00. The average molecular weight is 423 g/mol. The summed E-state index contributed by atoms with van der Waals surface area (Å²) in [5, 5.41) is 0. The lowest BCUT2D eigenvalue weighted by atomic mass is 10.2. The Morgan fingerprint density at radius 3 is 2.10 bits per heavy atom. The van der Waals surface area contributed by atoms with Crippen molar-refractivity contribution in [3.63, 3.8) is 0 Å². The molecule has 29 heavy (non-hydrogen) atoms. The van der Waals surface area contributed by atoms with E-state index in [0.29, 0.717) is 18.8 Å². The fraction of sp³-hybridized carbons (Fsp3) is 0.263. The molecule has 2 amide bonds. The lowest BCUT2D eigenvalue weighted by Gasteiger charge is -2.18. The smallest absolute Gasteiger partial charge is 0.276 e. The van der Waals surface area contributed by atoms with Crippen LogP contribution in [0.25, 0.3) is 0 Å². The molecule has 0 atom stereocenters. The van der Waals surface area contributed by atoms with Gasteiger partial charge in [0.1, 0.15) is 11.6 Å². The van der Waals surface area contributed by atoms with E-state index in [4.69, 9.17) is 4.74 Å². The molecule has 0 unspecified atom stereocenters. The largest absolute Gasteiger partial charge is 0.484 e. The molecule has 0 spiro atoms. The van der Waals surface area contributed by atoms with Crippen LogP contribution < -0.4 is 15.6 Å². The van der Waals surface area contributed by atoms with Gasteiger partial charge in [-0.3, -0.25) is 20.4 Å². The van der Waals surface area contributed by atoms with Crippen LogP contribution in [-0.4, -0.2) is 44.2 Å². The van der Waals surface area contributed by atoms with Crippen molar-refractivity contribution in [3.05, 3.63) is 59.9 Å². The summed E-state index contributed by atoms with van der Waals surface area (Å²) < 4.78 is 44.1. The molecule has 2 aromatic carbocycles. The van der Waals surface area contributed by atoms with Gasteiger partial charge < -0.3 is 4.74 Å². The van der Waals surface area contributed by atoms with Crippen molar-refractivity contribution >= 4 is 21.8 Å². The van der Waals surface area contributed by atoms with E-state index in [1.807, 2.05) is 0 Å². The van der Waals surface area contributed by atoms with Crippen molar-refractivity contribution in [2.24, 2.45) is 0 Å². The Bertz CT molecular complexity index is 943. The molecular weight excluding hydrogens is 401 g/mol. The number of sulfonamides is 1. The van der Waals surface area contributed by atoms with Crippen molar-refractivity contribution in [2.75, 3.05) is 19.7 Å². The monoisotopic (exact) mass is 423 g/mol. The van der Waals surface area contributed by atoms with Crippen molar-refractivity contribution in [1.82, 2.24) is 15.2 Å². The third-order valence-corrected chi connectivity index (χ3v) is 6.02. The Hall–Kier alpha value is -2.98. The van der Waals surface area contributed by atoms with E-state index in [2.05, 4.69) is 10.9 Å². The van der Waals surface area contributed by atoms with Crippen LogP contribution in [0.5, 0.6) is 5.75 Å². The number of benzene rings is 2. The molecule has 0 heterocycles. The molecule has 8 nitrogen and oxygen atoms in total. The van der Waals surface area contributed by atoms with E-state index in [1.54, 1.807) is 13.8 Å². The molecule has 0 aliphatic rings. The molecule has 0 aliphatic carbocycles. The summed E-state index contributed by atoms with van der Waals surface area (Å²) in [7, 11) is -3.61. The number of ether oxygens (including phenoxy) is 1. The van der Waals surface area contributed by atoms with Gasteiger partial charge in [0.05, 0.1) is 4.90 Å². The van der Waals surface area contributed by atoms with Gasteiger partial charge in [0.2, 0.25) is 10.0 Å². The van der Waals surface area contributed by atoms with Gasteiger partial charge in [0.25, 0.3) is 11.8 Å². The maximum absolute atomic E-state index is 12.8. The van der Waals surface area contributed by atoms with Crippen LogP contribution in [0.15, 0.2) is 53.4 Å². The number of rotatable bonds is 8. The quantitative estimate of drug-likeness (QED) is 0.629. The first-order chi connectivity index (χ1) is 13.8. The Morgan fingerprint density at radius 2 is 1.55 bits per heavy atom. The summed E-state index contributed by atoms with van der Waals surface area (Å²) >= 11 is 0. The van der Waals surface area contributed by atoms with Gasteiger partial charge in [0, 0.05) is 18.7 Å². The van der Waals surface area contributed by atoms with Gasteiger partial charge in [0.15, 0.2) is 6.61 Å². The molecule has 2 rings (SSSR count). The second-order valence-electron chi connectivity index (χ2n) is 5.86. The van der Waals surface area contributed by atoms with E-state index < -0.39 is 27.7 Å². The Morgan fingerprint density at radius 1 is 0.966 bits per heavy atom. The lowest BCUT2D eigenvalue weighted by molar-refractivity contribution is -0.123. The van der Waals surface area contributed by atoms with E-state index in [9.17, 15) is 22.4 Å². The summed E-state index contributed by atoms with van der Waals surface area (Å²) in [6.07, 6.45) is 0. The molecular formula is C19H22FN3O5S. The highest BCUT2D eigenvalue weighted by Crippen LogP contribution is 2.16. The number of hydrogen-bond acceptors (Lipinski definition) is 5. The lowest BCUT2D eigenvalue weighted by Crippen LogP contribution is -2.43. The topological polar surface area (TPSA) is 105 Å². The SMILES string of the molecule is CCN(CC)S(=O)(=O)c1ccc(C(=O)NNC(=O)COc2ccc(F)cc2)cc1. The normalized spacial score (nSPS) is 11.2. The first-order valence-electron chi connectivity index (χ1n) is 8.85. The molecule has 0 aromatic heterocycles. The number of halogens is 1. The van der Waals surface area contributed by atoms with Gasteiger partial charge >= 0.3 is 0 Å². The fourth-order valence-electron chi connectivity index (χ4n) is 2.41. The molecule has 0 saturated heterocycles. The average Bonchev–Trinajstić information content (AvgIpc) is 2.72. The first kappa shape index (κ1) is 22.3. The number of carbonyl (C=O) groups is 2. The Labute approximate surface area is 168 Å². The molecule has 2 aromatic rings. The van der Waals surface area contributed by atoms with Crippen molar-refractivity contribution in [1.29, 1.82) is 0 Å². The second-order valence-corrected chi connectivity index (χ2v) is 7.80. The molecule has 10 heteroatoms. The highest BCUT2D eigenvalue weighted by Gasteiger charge is 2.21. The molecule has 0 aliphatic heterocycles. The summed E-state index contributed by atoms with van der Waals surface area (Å²) in [5.74, 6) is -1.36. The van der Waals surface area contributed by atoms with Crippen LogP contribution in [0.4, 0.5) is 4.39 Å². The van der Waals surface area contributed by atoms with Crippen molar-refractivity contribution in [3.8, 4) is 5.75 Å². The molecule has 0 saturated carbocycles. The van der Waals surface area contributed by atoms with Crippen molar-refractivity contribution < 1.29 is 27.1 Å². The van der Waals surface area contributed by atoms with Crippen molar-refractivity contribution in [2.45, 2.75) is 18.7 Å². The minimum atomic E-state index is -3.61. The highest BCUT2D eigenvalue weighted by atomic mass is 32.2. The second kappa shape index (κ2) is 9.99. The van der Waals surface area contributed by atoms with E-state index in [0.717, 1.165) is 0 Å². The van der Waals surface area contributed by atoms with Crippen LogP contribution >= 0.6 is 0 Å². The fourth-order valence-corrected chi connectivity index (χ4v) is 3.86. The van der Waals surface area contributed by atoms with E-state index in [-0.39, 0.29) is 17.1 Å². The minimum Gasteiger partial charge on any atom is -0.484 e. The number of hydrazine groups is 1. The third-order valence-electron chi connectivity index (χ3n) is 3.96. The van der Waals surface area contributed by atoms with Crippen LogP contribution in [0.3, 0.4) is 0 Å². The van der Waals surface area contributed by atoms with Gasteiger partial charge in [-0.2, -0.15) is 4.31 Å². The summed E-state index contributed by atoms with van der Waals surface area (Å²) in [5.41, 5.74) is 4.56. The van der Waals surface area contributed by atoms with Crippen LogP contribution in [0.2, 0.25) is 0 Å². The van der Waals surface area contributed by atoms with Gasteiger partial charge in [-0.25, -0.2) is 12.8 Å². The minimum absolute atomic E-state index is 0.0782. The first-order valence-corrected chi connectivity index (χ1v) is 10.3. The zero-order valence-corrected chi connectivity index (χ0v) is 16.8. The zero-order valence-electron chi connectivity index (χ0n) is 16.0. The van der Waals surface area contributed by atoms with E-state index >= 15 is 0 Å². The predicted octanol–water partition coefficient (Wildman–Crippen LogP) is 1.70. The van der Waals surface area contributed by atoms with Crippen LogP contribution in [-0.2, 0) is 14.8 Å². The number of carbonyl (C=O) groups excluding carboxylic acids is 2. The number of nitrogens with one attached hydrogen (secondary N) is 2. The summed E-state index contributed by atoms with van der Waals surface area (Å²) in [4.78, 5) is 23.9. The summed E-state index contributed by atoms with van der Waals surface area (Å²) in [6.45, 7) is 3.78. The standard InChI is InChI=1S/C19H22FN3O5S/c1-3-23(4-2)29(26,27)17-11-5-14(6-12-17)19(25)22-21-18(24)13-28-16-9-7-15(20)8-10-16/h5-12H,3-4,13H2,1-2H3,(H,21,24)(H,22,25). The predicted molar refractivity (Wildman–Crippen MR) is 104 cm³/mol. The highest BCUT2D eigenvalue weighted by molar-refractivity contribution is 7.89. The molecule has 0 fully saturated rings. The zero-order chi connectivity index (χ0) is 21.4. The number of nitrogens with zero attached hydrogens (tertiary/aromatic N) is 1. The molecule has 2 N–H and O–H groups in total. The van der Waals surface area contributed by atoms with Gasteiger partial charge in [-0.05, 0) is 48.5 Å². The van der Waals surface area contributed by atoms with Crippen LogP contribution in [0.1, 0.15) is 24.2 Å². The molecule has 156 valence electrons. The van der Waals surface area contributed by atoms with Gasteiger partial charge in [-0.1, -0.05) is 13.8 Å². The van der Waals surface area contributed by atoms with Crippen LogP contribution in [0, 0.1) is 5.82 Å². The van der Waals surface area contributed by atoms with Gasteiger partial charge in [-0.15, -0.1) is 0 Å². The number of amides is 2. The maximum atomic E-state index is 12.8. The Kier molecular flexibility index (Phi) is 7.68. The summed E-state index contributed by atoms with van der Waals surface area (Å²) in [6, 6.07) is 10.5. The number of hydrogen-bond donors (Lipinski definition) is 2. The Balaban J connectivity index is 1.89. The van der Waals surface area contributed by atoms with E-state index in [1.165, 1.54) is 52.8 Å². The molecule has 0 radical (unpaired) electrons.